The number of aliphatic carboxylic acids is 1. The lowest BCUT2D eigenvalue weighted by Crippen LogP contribution is -2.41. The highest BCUT2D eigenvalue weighted by molar-refractivity contribution is 7.98. The van der Waals surface area contributed by atoms with E-state index in [9.17, 15) is 14.7 Å². The van der Waals surface area contributed by atoms with Gasteiger partial charge in [0.05, 0.1) is 16.3 Å². The van der Waals surface area contributed by atoms with Crippen LogP contribution in [0.1, 0.15) is 41.3 Å². The summed E-state index contributed by atoms with van der Waals surface area (Å²) >= 11 is 3.13. The first kappa shape index (κ1) is 19.5. The van der Waals surface area contributed by atoms with Crippen LogP contribution >= 0.6 is 23.1 Å². The Balaban J connectivity index is 2.09. The van der Waals surface area contributed by atoms with Crippen LogP contribution in [0.4, 0.5) is 0 Å². The second kappa shape index (κ2) is 9.01. The molecule has 0 fully saturated rings. The van der Waals surface area contributed by atoms with E-state index in [1.54, 1.807) is 23.5 Å². The molecule has 0 aliphatic rings. The molecule has 1 aromatic carbocycles. The molecule has 0 radical (unpaired) electrons. The third kappa shape index (κ3) is 5.86. The number of hydrogen-bond donors (Lipinski definition) is 2. The van der Waals surface area contributed by atoms with E-state index in [0.717, 1.165) is 15.6 Å². The number of amides is 1. The van der Waals surface area contributed by atoms with Crippen molar-refractivity contribution in [3.8, 4) is 0 Å². The van der Waals surface area contributed by atoms with Crippen molar-refractivity contribution in [2.75, 3.05) is 0 Å². The molecule has 1 amide bonds. The molecule has 0 saturated heterocycles. The molecule has 7 heteroatoms. The number of carbonyl (C=O) groups excluding carboxylic acids is 1. The lowest BCUT2D eigenvalue weighted by atomic mass is 10.0. The van der Waals surface area contributed by atoms with Crippen molar-refractivity contribution in [1.29, 1.82) is 0 Å². The molecule has 1 aromatic heterocycles. The molecule has 5 nitrogen and oxygen atoms in total. The van der Waals surface area contributed by atoms with E-state index in [0.29, 0.717) is 17.7 Å². The van der Waals surface area contributed by atoms with Gasteiger partial charge in [0.15, 0.2) is 0 Å². The summed E-state index contributed by atoms with van der Waals surface area (Å²) in [4.78, 5) is 29.2. The quantitative estimate of drug-likeness (QED) is 0.680. The van der Waals surface area contributed by atoms with Gasteiger partial charge >= 0.3 is 5.97 Å². The van der Waals surface area contributed by atoms with Gasteiger partial charge in [0.25, 0.3) is 5.91 Å². The SMILES string of the molecule is Cc1nc(CSc2ccccc2C(=O)N[C@H](CC(C)C)C(=O)O)cs1. The topological polar surface area (TPSA) is 79.3 Å². The monoisotopic (exact) mass is 378 g/mol. The summed E-state index contributed by atoms with van der Waals surface area (Å²) in [5.41, 5.74) is 1.47. The number of hydrogen-bond acceptors (Lipinski definition) is 5. The highest BCUT2D eigenvalue weighted by atomic mass is 32.2. The highest BCUT2D eigenvalue weighted by Gasteiger charge is 2.23. The largest absolute Gasteiger partial charge is 0.480 e. The van der Waals surface area contributed by atoms with E-state index in [1.807, 2.05) is 38.3 Å². The average Bonchev–Trinajstić information content (AvgIpc) is 2.97. The lowest BCUT2D eigenvalue weighted by Gasteiger charge is -2.17. The van der Waals surface area contributed by atoms with Crippen LogP contribution in [0.3, 0.4) is 0 Å². The normalized spacial score (nSPS) is 12.2. The summed E-state index contributed by atoms with van der Waals surface area (Å²) in [6.07, 6.45) is 0.397. The van der Waals surface area contributed by atoms with E-state index >= 15 is 0 Å². The molecule has 1 heterocycles. The smallest absolute Gasteiger partial charge is 0.326 e. The number of thiazole rings is 1. The second-order valence-corrected chi connectivity index (χ2v) is 8.22. The van der Waals surface area contributed by atoms with Crippen molar-refractivity contribution in [1.82, 2.24) is 10.3 Å². The second-order valence-electron chi connectivity index (χ2n) is 6.14. The number of rotatable bonds is 8. The fourth-order valence-corrected chi connectivity index (χ4v) is 4.00. The fourth-order valence-electron chi connectivity index (χ4n) is 2.34. The van der Waals surface area contributed by atoms with Crippen LogP contribution in [-0.2, 0) is 10.5 Å². The van der Waals surface area contributed by atoms with Crippen LogP contribution in [0, 0.1) is 12.8 Å². The zero-order valence-corrected chi connectivity index (χ0v) is 16.1. The first-order chi connectivity index (χ1) is 11.9. The Kier molecular flexibility index (Phi) is 7.01. The Bertz CT molecular complexity index is 743. The van der Waals surface area contributed by atoms with Gasteiger partial charge in [0.1, 0.15) is 6.04 Å². The van der Waals surface area contributed by atoms with Gasteiger partial charge < -0.3 is 10.4 Å². The van der Waals surface area contributed by atoms with Gasteiger partial charge in [-0.1, -0.05) is 26.0 Å². The van der Waals surface area contributed by atoms with E-state index in [1.165, 1.54) is 11.8 Å². The third-order valence-electron chi connectivity index (χ3n) is 3.48. The Morgan fingerprint density at radius 3 is 2.64 bits per heavy atom. The van der Waals surface area contributed by atoms with Gasteiger partial charge in [-0.15, -0.1) is 23.1 Å². The molecule has 1 atom stereocenters. The maximum absolute atomic E-state index is 12.6. The number of nitrogens with one attached hydrogen (secondary N) is 1. The van der Waals surface area contributed by atoms with E-state index < -0.39 is 12.0 Å². The molecule has 0 unspecified atom stereocenters. The van der Waals surface area contributed by atoms with Crippen molar-refractivity contribution in [2.45, 2.75) is 43.9 Å². The molecule has 2 rings (SSSR count). The van der Waals surface area contributed by atoms with Gasteiger partial charge in [-0.2, -0.15) is 0 Å². The number of thioether (sulfide) groups is 1. The minimum Gasteiger partial charge on any atom is -0.480 e. The van der Waals surface area contributed by atoms with Crippen LogP contribution in [-0.4, -0.2) is 28.0 Å². The highest BCUT2D eigenvalue weighted by Crippen LogP contribution is 2.27. The summed E-state index contributed by atoms with van der Waals surface area (Å²) in [6, 6.07) is 6.36. The van der Waals surface area contributed by atoms with E-state index in [4.69, 9.17) is 0 Å². The van der Waals surface area contributed by atoms with Crippen molar-refractivity contribution in [3.05, 3.63) is 45.9 Å². The van der Waals surface area contributed by atoms with Gasteiger partial charge in [-0.3, -0.25) is 4.79 Å². The molecule has 134 valence electrons. The van der Waals surface area contributed by atoms with Crippen LogP contribution in [0.5, 0.6) is 0 Å². The Morgan fingerprint density at radius 1 is 1.32 bits per heavy atom. The molecule has 0 aliphatic heterocycles. The van der Waals surface area contributed by atoms with Crippen LogP contribution in [0.15, 0.2) is 34.5 Å². The van der Waals surface area contributed by atoms with Crippen LogP contribution in [0.25, 0.3) is 0 Å². The Hall–Kier alpha value is -1.86. The number of aryl methyl sites for hydroxylation is 1. The standard InChI is InChI=1S/C18H22N2O3S2/c1-11(2)8-15(18(22)23)20-17(21)14-6-4-5-7-16(14)25-10-13-9-24-12(3)19-13/h4-7,9,11,15H,8,10H2,1-3H3,(H,20,21)(H,22,23)/t15-/m1/s1. The number of nitrogens with zero attached hydrogens (tertiary/aromatic N) is 1. The van der Waals surface area contributed by atoms with Crippen LogP contribution < -0.4 is 5.32 Å². The summed E-state index contributed by atoms with van der Waals surface area (Å²) in [5, 5.41) is 15.0. The molecule has 2 aromatic rings. The average molecular weight is 379 g/mol. The summed E-state index contributed by atoms with van der Waals surface area (Å²) < 4.78 is 0. The summed E-state index contributed by atoms with van der Waals surface area (Å²) in [6.45, 7) is 5.82. The van der Waals surface area contributed by atoms with Gasteiger partial charge in [-0.25, -0.2) is 9.78 Å². The van der Waals surface area contributed by atoms with Crippen molar-refractivity contribution >= 4 is 35.0 Å². The van der Waals surface area contributed by atoms with Gasteiger partial charge in [0, 0.05) is 16.0 Å². The Labute approximate surface area is 155 Å². The third-order valence-corrected chi connectivity index (χ3v) is 5.41. The maximum atomic E-state index is 12.6. The first-order valence-corrected chi connectivity index (χ1v) is 9.90. The molecular formula is C18H22N2O3S2. The predicted octanol–water partition coefficient (Wildman–Crippen LogP) is 3.97. The zero-order valence-electron chi connectivity index (χ0n) is 14.5. The maximum Gasteiger partial charge on any atom is 0.326 e. The minimum absolute atomic E-state index is 0.180. The molecular weight excluding hydrogens is 356 g/mol. The molecule has 0 bridgehead atoms. The van der Waals surface area contributed by atoms with Gasteiger partial charge in [-0.05, 0) is 31.4 Å². The van der Waals surface area contributed by atoms with Gasteiger partial charge in [0.2, 0.25) is 0 Å². The Morgan fingerprint density at radius 2 is 2.04 bits per heavy atom. The number of benzene rings is 1. The van der Waals surface area contributed by atoms with Crippen molar-refractivity contribution in [3.63, 3.8) is 0 Å². The molecule has 0 aliphatic carbocycles. The van der Waals surface area contributed by atoms with Crippen molar-refractivity contribution < 1.29 is 14.7 Å². The zero-order chi connectivity index (χ0) is 18.4. The summed E-state index contributed by atoms with van der Waals surface area (Å²) in [5.74, 6) is -0.516. The lowest BCUT2D eigenvalue weighted by molar-refractivity contribution is -0.139. The summed E-state index contributed by atoms with van der Waals surface area (Å²) in [7, 11) is 0. The van der Waals surface area contributed by atoms with E-state index in [2.05, 4.69) is 10.3 Å². The fraction of sp³-hybridized carbons (Fsp3) is 0.389. The minimum atomic E-state index is -1.01. The number of carboxylic acid groups (broad SMARTS) is 1. The van der Waals surface area contributed by atoms with E-state index in [-0.39, 0.29) is 11.8 Å². The first-order valence-electron chi connectivity index (χ1n) is 8.03. The number of carbonyl (C=O) groups is 2. The van der Waals surface area contributed by atoms with Crippen LogP contribution in [0.2, 0.25) is 0 Å². The predicted molar refractivity (Wildman–Crippen MR) is 101 cm³/mol. The van der Waals surface area contributed by atoms with Crippen molar-refractivity contribution in [2.24, 2.45) is 5.92 Å². The molecule has 2 N–H and O–H groups in total. The molecule has 0 spiro atoms. The molecule has 0 saturated carbocycles. The molecule has 25 heavy (non-hydrogen) atoms. The number of aromatic nitrogens is 1. The number of carboxylic acids is 1.